The van der Waals surface area contributed by atoms with Gasteiger partial charge >= 0.3 is 0 Å². The molecule has 0 fully saturated rings. The van der Waals surface area contributed by atoms with E-state index in [1.807, 2.05) is 0 Å². The van der Waals surface area contributed by atoms with E-state index in [1.54, 1.807) is 12.1 Å². The van der Waals surface area contributed by atoms with Crippen molar-refractivity contribution in [2.24, 2.45) is 0 Å². The van der Waals surface area contributed by atoms with Crippen molar-refractivity contribution < 1.29 is 8.42 Å². The second-order valence-corrected chi connectivity index (χ2v) is 6.11. The Labute approximate surface area is 104 Å². The van der Waals surface area contributed by atoms with Gasteiger partial charge in [-0.05, 0) is 34.1 Å². The van der Waals surface area contributed by atoms with Gasteiger partial charge in [-0.25, -0.2) is 13.4 Å². The van der Waals surface area contributed by atoms with Gasteiger partial charge in [0.1, 0.15) is 4.60 Å². The number of fused-ring (bicyclic) bond motifs is 1. The fourth-order valence-electron chi connectivity index (χ4n) is 1.21. The minimum Gasteiger partial charge on any atom is -0.219 e. The van der Waals surface area contributed by atoms with Crippen LogP contribution in [0.1, 0.15) is 5.69 Å². The van der Waals surface area contributed by atoms with Crippen LogP contribution in [0.25, 0.3) is 11.7 Å². The van der Waals surface area contributed by atoms with Crippen LogP contribution in [0.2, 0.25) is 0 Å². The molecule has 0 bridgehead atoms. The molecule has 0 aliphatic rings. The molecular weight excluding hydrogens is 318 g/mol. The van der Waals surface area contributed by atoms with E-state index in [1.165, 1.54) is 6.08 Å². The summed E-state index contributed by atoms with van der Waals surface area (Å²) in [5.74, 6) is 0. The number of aromatic nitrogens is 3. The first kappa shape index (κ1) is 11.6. The van der Waals surface area contributed by atoms with Crippen LogP contribution in [-0.2, 0) is 9.05 Å². The fraction of sp³-hybridized carbons (Fsp3) is 0. The second kappa shape index (κ2) is 3.83. The van der Waals surface area contributed by atoms with Gasteiger partial charge in [0.2, 0.25) is 5.03 Å². The Morgan fingerprint density at radius 1 is 1.50 bits per heavy atom. The van der Waals surface area contributed by atoms with Crippen molar-refractivity contribution in [3.05, 3.63) is 29.0 Å². The molecule has 0 spiro atoms. The van der Waals surface area contributed by atoms with Crippen LogP contribution in [0, 0.1) is 0 Å². The maximum Gasteiger partial charge on any atom is 0.281 e. The lowest BCUT2D eigenvalue weighted by atomic mass is 10.4. The van der Waals surface area contributed by atoms with Crippen LogP contribution in [0.3, 0.4) is 0 Å². The molecule has 0 saturated heterocycles. The third kappa shape index (κ3) is 1.85. The summed E-state index contributed by atoms with van der Waals surface area (Å²) >= 11 is 3.03. The smallest absolute Gasteiger partial charge is 0.219 e. The van der Waals surface area contributed by atoms with Gasteiger partial charge in [-0.3, -0.25) is 0 Å². The highest BCUT2D eigenvalue weighted by Gasteiger charge is 2.22. The van der Waals surface area contributed by atoms with Crippen LogP contribution in [0.5, 0.6) is 0 Å². The molecule has 0 unspecified atom stereocenters. The van der Waals surface area contributed by atoms with Gasteiger partial charge in [-0.15, -0.1) is 0 Å². The largest absolute Gasteiger partial charge is 0.281 e. The molecule has 0 radical (unpaired) electrons. The Morgan fingerprint density at radius 2 is 2.19 bits per heavy atom. The highest BCUT2D eigenvalue weighted by molar-refractivity contribution is 9.10. The zero-order valence-electron chi connectivity index (χ0n) is 7.76. The summed E-state index contributed by atoms with van der Waals surface area (Å²) in [4.78, 5) is 3.97. The van der Waals surface area contributed by atoms with Crippen molar-refractivity contribution in [3.63, 3.8) is 0 Å². The monoisotopic (exact) mass is 321 g/mol. The molecule has 2 aromatic rings. The maximum absolute atomic E-state index is 11.3. The fourth-order valence-corrected chi connectivity index (χ4v) is 3.48. The van der Waals surface area contributed by atoms with Crippen molar-refractivity contribution in [1.29, 1.82) is 0 Å². The van der Waals surface area contributed by atoms with Crippen molar-refractivity contribution in [2.75, 3.05) is 0 Å². The molecule has 0 aliphatic carbocycles. The van der Waals surface area contributed by atoms with E-state index < -0.39 is 9.05 Å². The van der Waals surface area contributed by atoms with E-state index in [0.29, 0.717) is 11.3 Å². The van der Waals surface area contributed by atoms with Gasteiger partial charge in [0.25, 0.3) is 9.05 Å². The molecule has 0 atom stereocenters. The molecule has 2 heterocycles. The summed E-state index contributed by atoms with van der Waals surface area (Å²) in [7, 11) is 1.38. The minimum atomic E-state index is -3.91. The summed E-state index contributed by atoms with van der Waals surface area (Å²) in [5, 5.41) is 3.84. The Morgan fingerprint density at radius 3 is 2.75 bits per heavy atom. The summed E-state index contributed by atoms with van der Waals surface area (Å²) in [6.45, 7) is 3.55. The zero-order valence-corrected chi connectivity index (χ0v) is 10.9. The Kier molecular flexibility index (Phi) is 2.77. The Bertz CT molecular complexity index is 680. The van der Waals surface area contributed by atoms with Crippen LogP contribution in [0.4, 0.5) is 0 Å². The summed E-state index contributed by atoms with van der Waals surface area (Å²) in [6.07, 6.45) is 1.50. The van der Waals surface area contributed by atoms with E-state index >= 15 is 0 Å². The van der Waals surface area contributed by atoms with Crippen molar-refractivity contribution in [2.45, 2.75) is 5.03 Å². The molecule has 2 rings (SSSR count). The average molecular weight is 323 g/mol. The van der Waals surface area contributed by atoms with E-state index in [4.69, 9.17) is 10.7 Å². The lowest BCUT2D eigenvalue weighted by molar-refractivity contribution is 0.601. The molecule has 0 aromatic carbocycles. The normalized spacial score (nSPS) is 11.9. The molecule has 2 aromatic heterocycles. The van der Waals surface area contributed by atoms with Gasteiger partial charge in [-0.2, -0.15) is 9.61 Å². The van der Waals surface area contributed by atoms with Gasteiger partial charge in [0.15, 0.2) is 5.65 Å². The first-order valence-corrected chi connectivity index (χ1v) is 7.16. The molecule has 8 heteroatoms. The number of hydrogen-bond donors (Lipinski definition) is 0. The van der Waals surface area contributed by atoms with Gasteiger partial charge in [0.05, 0.1) is 5.69 Å². The summed E-state index contributed by atoms with van der Waals surface area (Å²) < 4.78 is 24.0. The predicted molar refractivity (Wildman–Crippen MR) is 63.8 cm³/mol. The highest BCUT2D eigenvalue weighted by Crippen LogP contribution is 2.25. The Hall–Kier alpha value is -0.920. The predicted octanol–water partition coefficient (Wildman–Crippen LogP) is 2.06. The SMILES string of the molecule is C=Cc1ccc2nc(Br)c(S(=O)(=O)Cl)n2n1. The summed E-state index contributed by atoms with van der Waals surface area (Å²) in [6, 6.07) is 3.30. The quantitative estimate of drug-likeness (QED) is 0.794. The molecular formula is C8H5BrClN3O2S. The number of rotatable bonds is 2. The zero-order chi connectivity index (χ0) is 11.9. The van der Waals surface area contributed by atoms with E-state index in [2.05, 4.69) is 32.6 Å². The molecule has 0 saturated carbocycles. The van der Waals surface area contributed by atoms with Crippen molar-refractivity contribution in [1.82, 2.24) is 14.6 Å². The molecule has 16 heavy (non-hydrogen) atoms. The van der Waals surface area contributed by atoms with Crippen LogP contribution in [-0.4, -0.2) is 23.0 Å². The molecule has 0 aliphatic heterocycles. The van der Waals surface area contributed by atoms with E-state index in [-0.39, 0.29) is 9.63 Å². The first-order valence-electron chi connectivity index (χ1n) is 4.06. The van der Waals surface area contributed by atoms with Crippen LogP contribution < -0.4 is 0 Å². The minimum absolute atomic E-state index is 0.135. The molecule has 84 valence electrons. The number of hydrogen-bond acceptors (Lipinski definition) is 4. The lowest BCUT2D eigenvalue weighted by Gasteiger charge is -1.98. The molecule has 0 amide bonds. The van der Waals surface area contributed by atoms with E-state index in [9.17, 15) is 8.42 Å². The first-order chi connectivity index (χ1) is 7.43. The van der Waals surface area contributed by atoms with Crippen LogP contribution in [0.15, 0.2) is 28.3 Å². The third-order valence-corrected chi connectivity index (χ3v) is 3.94. The highest BCUT2D eigenvalue weighted by atomic mass is 79.9. The number of nitrogens with zero attached hydrogens (tertiary/aromatic N) is 3. The second-order valence-electron chi connectivity index (χ2n) is 2.88. The van der Waals surface area contributed by atoms with Gasteiger partial charge in [0, 0.05) is 10.7 Å². The van der Waals surface area contributed by atoms with Gasteiger partial charge in [-0.1, -0.05) is 6.58 Å². The van der Waals surface area contributed by atoms with Crippen LogP contribution >= 0.6 is 26.6 Å². The molecule has 0 N–H and O–H groups in total. The topological polar surface area (TPSA) is 64.3 Å². The number of halogens is 2. The van der Waals surface area contributed by atoms with E-state index in [0.717, 1.165) is 4.52 Å². The Balaban J connectivity index is 2.92. The maximum atomic E-state index is 11.3. The van der Waals surface area contributed by atoms with Crippen molar-refractivity contribution in [3.8, 4) is 0 Å². The van der Waals surface area contributed by atoms with Crippen molar-refractivity contribution >= 4 is 47.4 Å². The lowest BCUT2D eigenvalue weighted by Crippen LogP contribution is -2.02. The average Bonchev–Trinajstić information content (AvgIpc) is 2.51. The summed E-state index contributed by atoms with van der Waals surface area (Å²) in [5.41, 5.74) is 0.913. The third-order valence-electron chi connectivity index (χ3n) is 1.86. The number of imidazole rings is 1. The standard InChI is InChI=1S/C8H5BrClN3O2S/c1-2-5-3-4-6-11-7(9)8(13(6)12-5)16(10,14)15/h2-4H,1H2. The van der Waals surface area contributed by atoms with Gasteiger partial charge < -0.3 is 0 Å². The molecule has 5 nitrogen and oxygen atoms in total.